The summed E-state index contributed by atoms with van der Waals surface area (Å²) in [4.78, 5) is 29.7. The molecule has 1 aliphatic heterocycles. The van der Waals surface area contributed by atoms with Crippen LogP contribution in [0.1, 0.15) is 56.1 Å². The number of carbonyl (C=O) groups is 2. The van der Waals surface area contributed by atoms with Crippen molar-refractivity contribution in [3.8, 4) is 11.5 Å². The van der Waals surface area contributed by atoms with Crippen molar-refractivity contribution in [1.29, 1.82) is 0 Å². The zero-order valence-electron chi connectivity index (χ0n) is 25.5. The summed E-state index contributed by atoms with van der Waals surface area (Å²) in [5, 5.41) is 3.26. The maximum absolute atomic E-state index is 14.1. The zero-order chi connectivity index (χ0) is 31.8. The Morgan fingerprint density at radius 1 is 0.933 bits per heavy atom. The summed E-state index contributed by atoms with van der Waals surface area (Å²) in [6.07, 6.45) is 7.04. The van der Waals surface area contributed by atoms with E-state index in [-0.39, 0.29) is 50.6 Å². The molecule has 3 aromatic rings. The van der Waals surface area contributed by atoms with E-state index in [9.17, 15) is 18.0 Å². The smallest absolute Gasteiger partial charge is 0.243 e. The van der Waals surface area contributed by atoms with E-state index < -0.39 is 16.1 Å². The van der Waals surface area contributed by atoms with Crippen molar-refractivity contribution in [3.05, 3.63) is 88.4 Å². The quantitative estimate of drug-likeness (QED) is 0.242. The van der Waals surface area contributed by atoms with Gasteiger partial charge in [-0.3, -0.25) is 13.9 Å². The number of nitrogens with zero attached hydrogens (tertiary/aromatic N) is 2. The summed E-state index contributed by atoms with van der Waals surface area (Å²) in [6, 6.07) is 21.8. The summed E-state index contributed by atoms with van der Waals surface area (Å²) in [5.74, 6) is 0.665. The number of hydrogen-bond donors (Lipinski definition) is 1. The normalized spacial score (nSPS) is 15.3. The molecule has 1 saturated carbocycles. The molecule has 0 aromatic heterocycles. The third kappa shape index (κ3) is 9.00. The maximum Gasteiger partial charge on any atom is 0.243 e. The molecule has 1 fully saturated rings. The fraction of sp³-hybridized carbons (Fsp3) is 0.412. The summed E-state index contributed by atoms with van der Waals surface area (Å²) in [7, 11) is -3.65. The molecule has 0 saturated heterocycles. The Balaban J connectivity index is 1.37. The van der Waals surface area contributed by atoms with E-state index in [1.165, 1.54) is 10.7 Å². The van der Waals surface area contributed by atoms with Crippen LogP contribution < -0.4 is 19.1 Å². The van der Waals surface area contributed by atoms with Crippen LogP contribution in [0.3, 0.4) is 0 Å². The van der Waals surface area contributed by atoms with Crippen LogP contribution in [0.4, 0.5) is 5.69 Å². The second kappa shape index (κ2) is 15.1. The lowest BCUT2D eigenvalue weighted by Crippen LogP contribution is -2.52. The first-order chi connectivity index (χ1) is 21.7. The van der Waals surface area contributed by atoms with Crippen LogP contribution in [0.15, 0.2) is 77.3 Å². The minimum Gasteiger partial charge on any atom is -0.454 e. The summed E-state index contributed by atoms with van der Waals surface area (Å²) >= 11 is 3.48. The lowest BCUT2D eigenvalue weighted by Gasteiger charge is -2.34. The molecule has 1 aliphatic carbocycles. The molecule has 1 heterocycles. The van der Waals surface area contributed by atoms with Gasteiger partial charge < -0.3 is 19.7 Å². The highest BCUT2D eigenvalue weighted by Gasteiger charge is 2.32. The SMILES string of the molecule is CS(=O)(=O)N(CCCC(=O)N(Cc1ccc(Br)cc1)[C@H](Cc1ccccc1)C(=O)NC1CCCCC1)c1ccc2c(c1)OCO2. The number of hydrogen-bond acceptors (Lipinski definition) is 6. The predicted molar refractivity (Wildman–Crippen MR) is 178 cm³/mol. The van der Waals surface area contributed by atoms with Crippen molar-refractivity contribution in [1.82, 2.24) is 10.2 Å². The maximum atomic E-state index is 14.1. The minimum absolute atomic E-state index is 0.0646. The number of sulfonamides is 1. The monoisotopic (exact) mass is 697 g/mol. The standard InChI is InChI=1S/C34H40BrN3O6S/c1-45(41,42)38(29-18-19-31-32(22-29)44-24-43-31)20-8-13-33(39)37(23-26-14-16-27(35)17-15-26)30(21-25-9-4-2-5-10-25)34(40)36-28-11-6-3-7-12-28/h2,4-5,9-10,14-19,22,28,30H,3,6-8,11-13,20-21,23-24H2,1H3,(H,36,40)/t30-/m1/s1. The van der Waals surface area contributed by atoms with Crippen LogP contribution in [0, 0.1) is 0 Å². The van der Waals surface area contributed by atoms with E-state index in [0.29, 0.717) is 23.6 Å². The van der Waals surface area contributed by atoms with Crippen LogP contribution in [0.25, 0.3) is 0 Å². The van der Waals surface area contributed by atoms with Gasteiger partial charge in [0.25, 0.3) is 0 Å². The molecule has 9 nitrogen and oxygen atoms in total. The van der Waals surface area contributed by atoms with E-state index in [4.69, 9.17) is 9.47 Å². The Morgan fingerprint density at radius 2 is 1.64 bits per heavy atom. The number of carbonyl (C=O) groups excluding carboxylic acids is 2. The molecule has 1 N–H and O–H groups in total. The first-order valence-corrected chi connectivity index (χ1v) is 18.1. The van der Waals surface area contributed by atoms with Crippen LogP contribution in [0.5, 0.6) is 11.5 Å². The number of rotatable bonds is 13. The van der Waals surface area contributed by atoms with Crippen molar-refractivity contribution in [3.63, 3.8) is 0 Å². The molecule has 0 bridgehead atoms. The van der Waals surface area contributed by atoms with Gasteiger partial charge in [-0.05, 0) is 54.7 Å². The van der Waals surface area contributed by atoms with Crippen LogP contribution >= 0.6 is 15.9 Å². The van der Waals surface area contributed by atoms with Gasteiger partial charge >= 0.3 is 0 Å². The third-order valence-electron chi connectivity index (χ3n) is 8.29. The van der Waals surface area contributed by atoms with Crippen molar-refractivity contribution in [2.24, 2.45) is 0 Å². The van der Waals surface area contributed by atoms with Gasteiger partial charge in [0.2, 0.25) is 28.6 Å². The van der Waals surface area contributed by atoms with Gasteiger partial charge in [-0.1, -0.05) is 77.7 Å². The molecule has 0 spiro atoms. The Morgan fingerprint density at radius 3 is 2.36 bits per heavy atom. The van der Waals surface area contributed by atoms with E-state index in [1.54, 1.807) is 23.1 Å². The van der Waals surface area contributed by atoms with Gasteiger partial charge in [0.15, 0.2) is 11.5 Å². The number of anilines is 1. The van der Waals surface area contributed by atoms with Crippen LogP contribution in [-0.2, 0) is 32.6 Å². The fourth-order valence-electron chi connectivity index (χ4n) is 5.93. The van der Waals surface area contributed by atoms with Gasteiger partial charge in [0, 0.05) is 42.5 Å². The molecule has 2 aliphatic rings. The highest BCUT2D eigenvalue weighted by molar-refractivity contribution is 9.10. The van der Waals surface area contributed by atoms with Crippen molar-refractivity contribution >= 4 is 43.5 Å². The summed E-state index contributed by atoms with van der Waals surface area (Å²) in [6.45, 7) is 0.423. The molecule has 3 aromatic carbocycles. The van der Waals surface area contributed by atoms with Crippen LogP contribution in [-0.4, -0.2) is 56.8 Å². The lowest BCUT2D eigenvalue weighted by molar-refractivity contribution is -0.141. The first-order valence-electron chi connectivity index (χ1n) is 15.4. The molecule has 5 rings (SSSR count). The average Bonchev–Trinajstić information content (AvgIpc) is 3.50. The Bertz CT molecular complexity index is 1560. The second-order valence-electron chi connectivity index (χ2n) is 11.7. The molecule has 2 amide bonds. The number of amides is 2. The second-order valence-corrected chi connectivity index (χ2v) is 14.5. The predicted octanol–water partition coefficient (Wildman–Crippen LogP) is 5.81. The molecule has 45 heavy (non-hydrogen) atoms. The summed E-state index contributed by atoms with van der Waals surface area (Å²) in [5.41, 5.74) is 2.30. The number of halogens is 1. The summed E-state index contributed by atoms with van der Waals surface area (Å²) < 4.78 is 38.6. The molecule has 0 unspecified atom stereocenters. The Kier molecular flexibility index (Phi) is 11.0. The third-order valence-corrected chi connectivity index (χ3v) is 10.0. The fourth-order valence-corrected chi connectivity index (χ4v) is 7.15. The first kappa shape index (κ1) is 32.8. The molecular formula is C34H40BrN3O6S. The topological polar surface area (TPSA) is 105 Å². The van der Waals surface area contributed by atoms with E-state index in [1.807, 2.05) is 54.6 Å². The number of fused-ring (bicyclic) bond motifs is 1. The van der Waals surface area contributed by atoms with Gasteiger partial charge in [-0.15, -0.1) is 0 Å². The number of benzene rings is 3. The highest BCUT2D eigenvalue weighted by atomic mass is 79.9. The zero-order valence-corrected chi connectivity index (χ0v) is 27.9. The molecule has 11 heteroatoms. The van der Waals surface area contributed by atoms with Crippen molar-refractivity contribution in [2.45, 2.75) is 70.0 Å². The van der Waals surface area contributed by atoms with E-state index in [2.05, 4.69) is 21.2 Å². The van der Waals surface area contributed by atoms with Gasteiger partial charge in [0.05, 0.1) is 11.9 Å². The molecule has 240 valence electrons. The van der Waals surface area contributed by atoms with Crippen molar-refractivity contribution < 1.29 is 27.5 Å². The highest BCUT2D eigenvalue weighted by Crippen LogP contribution is 2.36. The van der Waals surface area contributed by atoms with Crippen molar-refractivity contribution in [2.75, 3.05) is 23.9 Å². The van der Waals surface area contributed by atoms with E-state index >= 15 is 0 Å². The van der Waals surface area contributed by atoms with Crippen LogP contribution in [0.2, 0.25) is 0 Å². The number of ether oxygens (including phenoxy) is 2. The minimum atomic E-state index is -3.65. The average molecular weight is 699 g/mol. The largest absolute Gasteiger partial charge is 0.454 e. The van der Waals surface area contributed by atoms with Gasteiger partial charge in [0.1, 0.15) is 6.04 Å². The Hall–Kier alpha value is -3.57. The van der Waals surface area contributed by atoms with E-state index in [0.717, 1.165) is 47.5 Å². The molecule has 0 radical (unpaired) electrons. The van der Waals surface area contributed by atoms with Gasteiger partial charge in [-0.25, -0.2) is 8.42 Å². The molecular weight excluding hydrogens is 658 g/mol. The number of nitrogens with one attached hydrogen (secondary N) is 1. The Labute approximate surface area is 274 Å². The van der Waals surface area contributed by atoms with Gasteiger partial charge in [-0.2, -0.15) is 0 Å². The lowest BCUT2D eigenvalue weighted by atomic mass is 9.94. The molecule has 1 atom stereocenters.